The van der Waals surface area contributed by atoms with Crippen molar-refractivity contribution < 1.29 is 48.8 Å². The molecule has 0 spiro atoms. The third kappa shape index (κ3) is 4.71. The highest BCUT2D eigenvalue weighted by Crippen LogP contribution is 2.49. The lowest BCUT2D eigenvalue weighted by molar-refractivity contribution is -0.384. The molecule has 0 amide bonds. The number of non-ortho nitro benzene ring substituents is 1. The van der Waals surface area contributed by atoms with E-state index in [1.807, 2.05) is 0 Å². The largest absolute Gasteiger partial charge is 0.481 e. The number of carboxylic acid groups (broad SMARTS) is 1. The van der Waals surface area contributed by atoms with Gasteiger partial charge in [0.2, 0.25) is 0 Å². The molecular formula is C26H30N2O11. The minimum absolute atomic E-state index is 0.0116. The number of aliphatic hydroxyl groups excluding tert-OH is 1. The summed E-state index contributed by atoms with van der Waals surface area (Å²) in [4.78, 5) is 49.2. The number of Topliss-reactive ketones (excluding diaryl/α,β-unsaturated/α-hetero) is 1. The van der Waals surface area contributed by atoms with Crippen LogP contribution in [0.5, 0.6) is 0 Å². The van der Waals surface area contributed by atoms with Crippen molar-refractivity contribution in [3.63, 3.8) is 0 Å². The second kappa shape index (κ2) is 10.5. The maximum absolute atomic E-state index is 14.3. The summed E-state index contributed by atoms with van der Waals surface area (Å²) in [6.07, 6.45) is -2.66. The maximum Gasteiger partial charge on any atom is 0.336 e. The monoisotopic (exact) mass is 546 g/mol. The molecule has 0 aromatic heterocycles. The van der Waals surface area contributed by atoms with E-state index < -0.39 is 58.6 Å². The van der Waals surface area contributed by atoms with Crippen LogP contribution in [0.1, 0.15) is 44.6 Å². The van der Waals surface area contributed by atoms with E-state index in [1.165, 1.54) is 24.3 Å². The summed E-state index contributed by atoms with van der Waals surface area (Å²) in [7, 11) is 1.16. The first kappa shape index (κ1) is 28.4. The second-order valence-electron chi connectivity index (χ2n) is 9.95. The maximum atomic E-state index is 14.3. The molecule has 3 aliphatic heterocycles. The number of aliphatic carboxylic acids is 1. The fourth-order valence-electron chi connectivity index (χ4n) is 5.81. The van der Waals surface area contributed by atoms with Gasteiger partial charge in [-0.25, -0.2) is 4.79 Å². The van der Waals surface area contributed by atoms with Gasteiger partial charge in [-0.15, -0.1) is 0 Å². The Morgan fingerprint density at radius 3 is 2.56 bits per heavy atom. The summed E-state index contributed by atoms with van der Waals surface area (Å²) in [5.41, 5.74) is -3.24. The molecule has 13 heteroatoms. The minimum Gasteiger partial charge on any atom is -0.481 e. The van der Waals surface area contributed by atoms with Gasteiger partial charge in [-0.1, -0.05) is 12.1 Å². The van der Waals surface area contributed by atoms with Gasteiger partial charge in [0.15, 0.2) is 11.4 Å². The van der Waals surface area contributed by atoms with Gasteiger partial charge in [0.25, 0.3) is 5.69 Å². The smallest absolute Gasteiger partial charge is 0.336 e. The van der Waals surface area contributed by atoms with Gasteiger partial charge >= 0.3 is 11.9 Å². The normalized spacial score (nSPS) is 30.1. The predicted molar refractivity (Wildman–Crippen MR) is 132 cm³/mol. The van der Waals surface area contributed by atoms with Crippen LogP contribution in [-0.4, -0.2) is 81.7 Å². The molecule has 1 aromatic carbocycles. The summed E-state index contributed by atoms with van der Waals surface area (Å²) in [5, 5.41) is 46.1. The fourth-order valence-corrected chi connectivity index (χ4v) is 5.81. The molecule has 4 N–H and O–H groups in total. The molecule has 0 aliphatic carbocycles. The van der Waals surface area contributed by atoms with Crippen LogP contribution >= 0.6 is 0 Å². The lowest BCUT2D eigenvalue weighted by Crippen LogP contribution is -2.56. The van der Waals surface area contributed by atoms with E-state index >= 15 is 0 Å². The number of nitrogens with zero attached hydrogens (tertiary/aromatic N) is 1. The molecule has 0 radical (unpaired) electrons. The number of allylic oxidation sites excluding steroid dienone is 2. The molecule has 39 heavy (non-hydrogen) atoms. The minimum atomic E-state index is -2.32. The Hall–Kier alpha value is -3.65. The van der Waals surface area contributed by atoms with Gasteiger partial charge in [0.1, 0.15) is 17.8 Å². The summed E-state index contributed by atoms with van der Waals surface area (Å²) >= 11 is 0. The summed E-state index contributed by atoms with van der Waals surface area (Å²) in [6.45, 7) is 2.36. The van der Waals surface area contributed by atoms with Gasteiger partial charge in [-0.3, -0.25) is 19.7 Å². The third-order valence-corrected chi connectivity index (χ3v) is 7.60. The predicted octanol–water partition coefficient (Wildman–Crippen LogP) is 1.09. The number of hydrogen-bond acceptors (Lipinski definition) is 11. The molecular weight excluding hydrogens is 516 g/mol. The number of rotatable bonds is 9. The van der Waals surface area contributed by atoms with Crippen molar-refractivity contribution in [2.75, 3.05) is 20.3 Å². The van der Waals surface area contributed by atoms with Crippen molar-refractivity contribution in [3.05, 3.63) is 62.5 Å². The summed E-state index contributed by atoms with van der Waals surface area (Å²) in [5.74, 6) is -3.84. The lowest BCUT2D eigenvalue weighted by atomic mass is 9.72. The quantitative estimate of drug-likeness (QED) is 0.196. The summed E-state index contributed by atoms with van der Waals surface area (Å²) < 4.78 is 16.5. The molecule has 3 heterocycles. The topological polar surface area (TPSA) is 195 Å². The van der Waals surface area contributed by atoms with Crippen LogP contribution < -0.4 is 5.32 Å². The number of carbonyl (C=O) groups excluding carboxylic acids is 2. The number of carboxylic acids is 1. The van der Waals surface area contributed by atoms with Crippen LogP contribution in [0.25, 0.3) is 0 Å². The SMILES string of the molecule is COC(=O)C1=C(C)NC(C)=C(C(=O)[C@@]2(O)CO[C@@]3(CCCC(=O)O)[C@@H](O)CO[C@@H]32)C1c1cccc([N+](=O)[O-])c1. The molecule has 1 aromatic rings. The average molecular weight is 547 g/mol. The van der Waals surface area contributed by atoms with E-state index in [0.717, 1.165) is 7.11 Å². The zero-order valence-electron chi connectivity index (χ0n) is 21.6. The van der Waals surface area contributed by atoms with Gasteiger partial charge in [0, 0.05) is 41.4 Å². The van der Waals surface area contributed by atoms with E-state index in [0.29, 0.717) is 5.70 Å². The molecule has 1 unspecified atom stereocenters. The molecule has 5 atom stereocenters. The molecule has 2 fully saturated rings. The van der Waals surface area contributed by atoms with Gasteiger partial charge in [-0.2, -0.15) is 0 Å². The highest BCUT2D eigenvalue weighted by atomic mass is 16.6. The molecule has 4 rings (SSSR count). The Morgan fingerprint density at radius 2 is 1.92 bits per heavy atom. The number of methoxy groups -OCH3 is 1. The molecule has 0 saturated carbocycles. The van der Waals surface area contributed by atoms with E-state index in [-0.39, 0.29) is 54.0 Å². The van der Waals surface area contributed by atoms with E-state index in [4.69, 9.17) is 19.3 Å². The van der Waals surface area contributed by atoms with Crippen molar-refractivity contribution >= 4 is 23.4 Å². The highest BCUT2D eigenvalue weighted by molar-refractivity contribution is 6.08. The van der Waals surface area contributed by atoms with Gasteiger partial charge in [0.05, 0.1) is 30.8 Å². The average Bonchev–Trinajstić information content (AvgIpc) is 3.37. The van der Waals surface area contributed by atoms with E-state index in [9.17, 15) is 34.7 Å². The second-order valence-corrected chi connectivity index (χ2v) is 9.95. The van der Waals surface area contributed by atoms with E-state index in [1.54, 1.807) is 13.8 Å². The zero-order chi connectivity index (χ0) is 28.7. The number of fused-ring (bicyclic) bond motifs is 1. The first-order valence-corrected chi connectivity index (χ1v) is 12.3. The molecule has 2 saturated heterocycles. The summed E-state index contributed by atoms with van der Waals surface area (Å²) in [6, 6.07) is 5.47. The number of esters is 1. The Labute approximate surface area is 223 Å². The van der Waals surface area contributed by atoms with Crippen LogP contribution in [0.2, 0.25) is 0 Å². The van der Waals surface area contributed by atoms with Crippen LogP contribution in [0.15, 0.2) is 46.8 Å². The number of ketones is 1. The molecule has 210 valence electrons. The molecule has 0 bridgehead atoms. The van der Waals surface area contributed by atoms with Crippen LogP contribution in [0.4, 0.5) is 5.69 Å². The first-order chi connectivity index (χ1) is 18.4. The van der Waals surface area contributed by atoms with Crippen molar-refractivity contribution in [2.24, 2.45) is 0 Å². The molecule has 13 nitrogen and oxygen atoms in total. The van der Waals surface area contributed by atoms with Crippen molar-refractivity contribution in [1.29, 1.82) is 0 Å². The number of nitrogens with one attached hydrogen (secondary N) is 1. The van der Waals surface area contributed by atoms with Crippen LogP contribution in [-0.2, 0) is 28.6 Å². The van der Waals surface area contributed by atoms with Gasteiger partial charge in [-0.05, 0) is 32.3 Å². The number of nitro groups is 1. The number of carbonyl (C=O) groups is 3. The number of ether oxygens (including phenoxy) is 3. The number of dihydropyridines is 1. The van der Waals surface area contributed by atoms with Gasteiger partial charge < -0.3 is 34.8 Å². The Balaban J connectivity index is 1.80. The Morgan fingerprint density at radius 1 is 1.23 bits per heavy atom. The van der Waals surface area contributed by atoms with E-state index in [2.05, 4.69) is 5.32 Å². The van der Waals surface area contributed by atoms with Crippen LogP contribution in [0, 0.1) is 10.1 Å². The first-order valence-electron chi connectivity index (χ1n) is 12.3. The molecule has 3 aliphatic rings. The van der Waals surface area contributed by atoms with Crippen molar-refractivity contribution in [3.8, 4) is 0 Å². The fraction of sp³-hybridized carbons (Fsp3) is 0.500. The standard InChI is InChI=1S/C26H30N2O11/c1-13-19(21(20(14(2)27-13)23(33)37-3)15-6-4-7-16(10-15)28(35)36)22(32)25(34)12-39-26(9-5-8-18(30)31)17(29)11-38-24(25)26/h4,6-7,10,17,21,24,27,29,34H,5,8-9,11-12H2,1-3H3,(H,30,31)/t17-,21?,24+,25-,26-/m0/s1. The highest BCUT2D eigenvalue weighted by Gasteiger charge is 2.68. The van der Waals surface area contributed by atoms with Crippen molar-refractivity contribution in [1.82, 2.24) is 5.32 Å². The number of benzene rings is 1. The van der Waals surface area contributed by atoms with Crippen LogP contribution in [0.3, 0.4) is 0 Å². The van der Waals surface area contributed by atoms with Crippen molar-refractivity contribution in [2.45, 2.75) is 62.4 Å². The Bertz CT molecular complexity index is 1290. The third-order valence-electron chi connectivity index (χ3n) is 7.60. The number of hydrogen-bond donors (Lipinski definition) is 4. The number of nitro benzene ring substituents is 1. The zero-order valence-corrected chi connectivity index (χ0v) is 21.6. The number of aliphatic hydroxyl groups is 2. The lowest BCUT2D eigenvalue weighted by Gasteiger charge is -2.36. The Kier molecular flexibility index (Phi) is 7.63.